The monoisotopic (exact) mass is 415 g/mol. The summed E-state index contributed by atoms with van der Waals surface area (Å²) in [5, 5.41) is 11.7. The SMILES string of the molecule is Cc1ccc(S(=O)(=O)N2CCOCC2)cc1NC(=O)COc1ccccc1C#N. The van der Waals surface area contributed by atoms with E-state index >= 15 is 0 Å². The van der Waals surface area contributed by atoms with Crippen LogP contribution in [0.3, 0.4) is 0 Å². The maximum atomic E-state index is 12.8. The number of nitrogens with one attached hydrogen (secondary N) is 1. The van der Waals surface area contributed by atoms with Gasteiger partial charge in [0.2, 0.25) is 10.0 Å². The number of hydrogen-bond acceptors (Lipinski definition) is 6. The summed E-state index contributed by atoms with van der Waals surface area (Å²) < 4.78 is 37.6. The minimum Gasteiger partial charge on any atom is -0.482 e. The van der Waals surface area contributed by atoms with Crippen LogP contribution in [0.2, 0.25) is 0 Å². The first kappa shape index (κ1) is 20.8. The summed E-state index contributed by atoms with van der Waals surface area (Å²) in [6.45, 7) is 2.77. The minimum absolute atomic E-state index is 0.107. The summed E-state index contributed by atoms with van der Waals surface area (Å²) in [6, 6.07) is 13.2. The van der Waals surface area contributed by atoms with E-state index in [1.165, 1.54) is 16.4 Å². The van der Waals surface area contributed by atoms with Gasteiger partial charge in [-0.2, -0.15) is 9.57 Å². The van der Waals surface area contributed by atoms with Crippen molar-refractivity contribution in [2.75, 3.05) is 38.2 Å². The van der Waals surface area contributed by atoms with Gasteiger partial charge in [0, 0.05) is 18.8 Å². The molecular weight excluding hydrogens is 394 g/mol. The molecule has 0 spiro atoms. The van der Waals surface area contributed by atoms with Crippen molar-refractivity contribution in [3.05, 3.63) is 53.6 Å². The van der Waals surface area contributed by atoms with Crippen molar-refractivity contribution in [1.82, 2.24) is 4.31 Å². The molecule has 8 nitrogen and oxygen atoms in total. The van der Waals surface area contributed by atoms with Crippen LogP contribution in [0, 0.1) is 18.3 Å². The van der Waals surface area contributed by atoms with Crippen molar-refractivity contribution < 1.29 is 22.7 Å². The van der Waals surface area contributed by atoms with Crippen LogP contribution in [0.15, 0.2) is 47.4 Å². The van der Waals surface area contributed by atoms with Crippen molar-refractivity contribution in [1.29, 1.82) is 5.26 Å². The second-order valence-electron chi connectivity index (χ2n) is 6.44. The first-order valence-electron chi connectivity index (χ1n) is 9.02. The fourth-order valence-electron chi connectivity index (χ4n) is 2.85. The number of benzene rings is 2. The molecule has 152 valence electrons. The first-order chi connectivity index (χ1) is 13.9. The van der Waals surface area contributed by atoms with Gasteiger partial charge in [0.1, 0.15) is 11.8 Å². The Morgan fingerprint density at radius 2 is 1.97 bits per heavy atom. The average Bonchev–Trinajstić information content (AvgIpc) is 2.74. The van der Waals surface area contributed by atoms with Gasteiger partial charge in [-0.3, -0.25) is 4.79 Å². The zero-order valence-corrected chi connectivity index (χ0v) is 16.7. The Labute approximate surface area is 169 Å². The standard InChI is InChI=1S/C20H21N3O5S/c1-15-6-7-17(29(25,26)23-8-10-27-11-9-23)12-18(15)22-20(24)14-28-19-5-3-2-4-16(19)13-21/h2-7,12H,8-11,14H2,1H3,(H,22,24). The van der Waals surface area contributed by atoms with Crippen molar-refractivity contribution in [2.45, 2.75) is 11.8 Å². The number of carbonyl (C=O) groups excluding carboxylic acids is 1. The van der Waals surface area contributed by atoms with E-state index < -0.39 is 15.9 Å². The molecule has 0 atom stereocenters. The molecule has 9 heteroatoms. The van der Waals surface area contributed by atoms with E-state index in [2.05, 4.69) is 5.32 Å². The number of amides is 1. The molecule has 0 bridgehead atoms. The van der Waals surface area contributed by atoms with Crippen molar-refractivity contribution >= 4 is 21.6 Å². The zero-order chi connectivity index (χ0) is 20.9. The second-order valence-corrected chi connectivity index (χ2v) is 8.38. The van der Waals surface area contributed by atoms with Crippen LogP contribution in [0.1, 0.15) is 11.1 Å². The predicted molar refractivity (Wildman–Crippen MR) is 106 cm³/mol. The van der Waals surface area contributed by atoms with Crippen LogP contribution in [-0.2, 0) is 19.6 Å². The van der Waals surface area contributed by atoms with Crippen LogP contribution in [0.5, 0.6) is 5.75 Å². The maximum absolute atomic E-state index is 12.8. The number of nitrogens with zero attached hydrogens (tertiary/aromatic N) is 2. The van der Waals surface area contributed by atoms with E-state index in [4.69, 9.17) is 14.7 Å². The summed E-state index contributed by atoms with van der Waals surface area (Å²) in [4.78, 5) is 12.4. The predicted octanol–water partition coefficient (Wildman–Crippen LogP) is 1.91. The molecule has 1 saturated heterocycles. The fourth-order valence-corrected chi connectivity index (χ4v) is 4.28. The van der Waals surface area contributed by atoms with E-state index in [0.717, 1.165) is 5.56 Å². The summed E-state index contributed by atoms with van der Waals surface area (Å²) in [5.74, 6) is -0.146. The molecule has 1 heterocycles. The highest BCUT2D eigenvalue weighted by Crippen LogP contribution is 2.24. The number of rotatable bonds is 6. The fraction of sp³-hybridized carbons (Fsp3) is 0.300. The van der Waals surface area contributed by atoms with Gasteiger partial charge in [0.25, 0.3) is 5.91 Å². The number of morpholine rings is 1. The minimum atomic E-state index is -3.67. The maximum Gasteiger partial charge on any atom is 0.262 e. The molecule has 1 aliphatic heterocycles. The van der Waals surface area contributed by atoms with Gasteiger partial charge in [-0.1, -0.05) is 18.2 Å². The number of aryl methyl sites for hydroxylation is 1. The van der Waals surface area contributed by atoms with Gasteiger partial charge < -0.3 is 14.8 Å². The highest BCUT2D eigenvalue weighted by molar-refractivity contribution is 7.89. The molecule has 29 heavy (non-hydrogen) atoms. The highest BCUT2D eigenvalue weighted by Gasteiger charge is 2.26. The summed E-state index contributed by atoms with van der Waals surface area (Å²) in [5.41, 5.74) is 1.44. The molecule has 3 rings (SSSR count). The zero-order valence-electron chi connectivity index (χ0n) is 15.9. The van der Waals surface area contributed by atoms with Gasteiger partial charge in [0.05, 0.1) is 23.7 Å². The van der Waals surface area contributed by atoms with E-state index in [1.54, 1.807) is 37.3 Å². The Morgan fingerprint density at radius 3 is 2.69 bits per heavy atom. The van der Waals surface area contributed by atoms with Crippen LogP contribution < -0.4 is 10.1 Å². The van der Waals surface area contributed by atoms with Gasteiger partial charge >= 0.3 is 0 Å². The Morgan fingerprint density at radius 1 is 1.24 bits per heavy atom. The van der Waals surface area contributed by atoms with E-state index in [-0.39, 0.29) is 11.5 Å². The normalized spacial score (nSPS) is 14.8. The molecule has 1 fully saturated rings. The quantitative estimate of drug-likeness (QED) is 0.772. The van der Waals surface area contributed by atoms with Gasteiger partial charge in [-0.05, 0) is 36.8 Å². The van der Waals surface area contributed by atoms with E-state index in [0.29, 0.717) is 43.3 Å². The highest BCUT2D eigenvalue weighted by atomic mass is 32.2. The molecule has 0 aromatic heterocycles. The first-order valence-corrected chi connectivity index (χ1v) is 10.5. The smallest absolute Gasteiger partial charge is 0.262 e. The third-order valence-corrected chi connectivity index (χ3v) is 6.35. The Balaban J connectivity index is 1.71. The van der Waals surface area contributed by atoms with Crippen LogP contribution in [0.25, 0.3) is 0 Å². The number of anilines is 1. The summed E-state index contributed by atoms with van der Waals surface area (Å²) in [6.07, 6.45) is 0. The molecule has 1 aliphatic rings. The molecule has 1 amide bonds. The molecule has 1 N–H and O–H groups in total. The number of sulfonamides is 1. The largest absolute Gasteiger partial charge is 0.482 e. The second kappa shape index (κ2) is 9.05. The lowest BCUT2D eigenvalue weighted by Gasteiger charge is -2.26. The van der Waals surface area contributed by atoms with Gasteiger partial charge in [0.15, 0.2) is 6.61 Å². The van der Waals surface area contributed by atoms with Gasteiger partial charge in [-0.25, -0.2) is 8.42 Å². The average molecular weight is 415 g/mol. The number of para-hydroxylation sites is 1. The van der Waals surface area contributed by atoms with Gasteiger partial charge in [-0.15, -0.1) is 0 Å². The summed E-state index contributed by atoms with van der Waals surface area (Å²) in [7, 11) is -3.67. The van der Waals surface area contributed by atoms with Crippen molar-refractivity contribution in [3.63, 3.8) is 0 Å². The number of nitriles is 1. The molecule has 2 aromatic rings. The summed E-state index contributed by atoms with van der Waals surface area (Å²) >= 11 is 0. The van der Waals surface area contributed by atoms with Crippen molar-refractivity contribution in [2.24, 2.45) is 0 Å². The molecular formula is C20H21N3O5S. The lowest BCUT2D eigenvalue weighted by Crippen LogP contribution is -2.40. The van der Waals surface area contributed by atoms with Crippen molar-refractivity contribution in [3.8, 4) is 11.8 Å². The third-order valence-electron chi connectivity index (χ3n) is 4.46. The molecule has 0 saturated carbocycles. The topological polar surface area (TPSA) is 109 Å². The lowest BCUT2D eigenvalue weighted by molar-refractivity contribution is -0.118. The van der Waals surface area contributed by atoms with E-state index in [1.807, 2.05) is 6.07 Å². The van der Waals surface area contributed by atoms with E-state index in [9.17, 15) is 13.2 Å². The molecule has 0 aliphatic carbocycles. The lowest BCUT2D eigenvalue weighted by atomic mass is 10.2. The number of carbonyl (C=O) groups is 1. The third kappa shape index (κ3) is 4.92. The molecule has 2 aromatic carbocycles. The number of hydrogen-bond donors (Lipinski definition) is 1. The molecule has 0 unspecified atom stereocenters. The Kier molecular flexibility index (Phi) is 6.49. The number of ether oxygens (including phenoxy) is 2. The van der Waals surface area contributed by atoms with Crippen LogP contribution >= 0.6 is 0 Å². The Hall–Kier alpha value is -2.93. The van der Waals surface area contributed by atoms with Crippen LogP contribution in [-0.4, -0.2) is 51.5 Å². The Bertz CT molecular complexity index is 1040. The van der Waals surface area contributed by atoms with Crippen LogP contribution in [0.4, 0.5) is 5.69 Å². The molecule has 0 radical (unpaired) electrons.